The summed E-state index contributed by atoms with van der Waals surface area (Å²) in [7, 11) is 0. The van der Waals surface area contributed by atoms with Crippen LogP contribution in [0.5, 0.6) is 0 Å². The highest BCUT2D eigenvalue weighted by atomic mass is 16.4. The zero-order valence-corrected chi connectivity index (χ0v) is 14.9. The Morgan fingerprint density at radius 1 is 0.893 bits per heavy atom. The Morgan fingerprint density at radius 2 is 1.50 bits per heavy atom. The number of benzene rings is 1. The SMILES string of the molecule is NC(Cc1ccc2nc(-c3ccccn3)c(-c3ccccn3)nc2c1)C(=O)O. The van der Waals surface area contributed by atoms with Gasteiger partial charge < -0.3 is 10.8 Å². The number of carbonyl (C=O) groups is 1. The standard InChI is InChI=1S/C21H17N5O2/c22-14(21(27)28)11-13-7-8-15-18(12-13)26-20(17-6-2-4-10-24-17)19(25-15)16-5-1-3-9-23-16/h1-10,12,14H,11,22H2,(H,27,28). The van der Waals surface area contributed by atoms with Gasteiger partial charge >= 0.3 is 5.97 Å². The number of rotatable bonds is 5. The van der Waals surface area contributed by atoms with Crippen LogP contribution in [-0.2, 0) is 11.2 Å². The number of carboxylic acids is 1. The highest BCUT2D eigenvalue weighted by Crippen LogP contribution is 2.29. The van der Waals surface area contributed by atoms with Crippen molar-refractivity contribution in [2.75, 3.05) is 0 Å². The normalized spacial score (nSPS) is 12.0. The van der Waals surface area contributed by atoms with Crippen LogP contribution in [0.2, 0.25) is 0 Å². The molecule has 1 unspecified atom stereocenters. The fraction of sp³-hybridized carbons (Fsp3) is 0.0952. The Morgan fingerprint density at radius 3 is 2.04 bits per heavy atom. The van der Waals surface area contributed by atoms with Gasteiger partial charge in [0.25, 0.3) is 0 Å². The van der Waals surface area contributed by atoms with Crippen molar-refractivity contribution >= 4 is 17.0 Å². The van der Waals surface area contributed by atoms with E-state index < -0.39 is 12.0 Å². The Kier molecular flexibility index (Phi) is 4.74. The number of hydrogen-bond donors (Lipinski definition) is 2. The molecule has 0 aliphatic rings. The number of aliphatic carboxylic acids is 1. The fourth-order valence-electron chi connectivity index (χ4n) is 2.93. The van der Waals surface area contributed by atoms with E-state index in [1.807, 2.05) is 54.6 Å². The van der Waals surface area contributed by atoms with Crippen LogP contribution in [0.3, 0.4) is 0 Å². The van der Waals surface area contributed by atoms with Gasteiger partial charge in [0.05, 0.1) is 22.4 Å². The summed E-state index contributed by atoms with van der Waals surface area (Å²) in [6, 6.07) is 15.7. The molecule has 0 fully saturated rings. The van der Waals surface area contributed by atoms with E-state index in [2.05, 4.69) is 9.97 Å². The minimum atomic E-state index is -1.04. The van der Waals surface area contributed by atoms with E-state index in [9.17, 15) is 4.79 Å². The summed E-state index contributed by atoms with van der Waals surface area (Å²) in [5, 5.41) is 9.04. The molecule has 0 bridgehead atoms. The molecular formula is C21H17N5O2. The average Bonchev–Trinajstić information content (AvgIpc) is 2.74. The Labute approximate surface area is 160 Å². The molecule has 3 N–H and O–H groups in total. The van der Waals surface area contributed by atoms with Gasteiger partial charge in [0.15, 0.2) is 0 Å². The first-order valence-corrected chi connectivity index (χ1v) is 8.73. The number of nitrogens with zero attached hydrogens (tertiary/aromatic N) is 4. The van der Waals surface area contributed by atoms with E-state index in [1.165, 1.54) is 0 Å². The first-order valence-electron chi connectivity index (χ1n) is 8.73. The maximum atomic E-state index is 11.0. The van der Waals surface area contributed by atoms with Gasteiger partial charge in [-0.15, -0.1) is 0 Å². The molecule has 0 spiro atoms. The molecule has 0 radical (unpaired) electrons. The lowest BCUT2D eigenvalue weighted by atomic mass is 10.0. The molecule has 0 saturated carbocycles. The van der Waals surface area contributed by atoms with Crippen LogP contribution in [0.25, 0.3) is 33.8 Å². The molecule has 0 aliphatic heterocycles. The van der Waals surface area contributed by atoms with Crippen LogP contribution in [0.1, 0.15) is 5.56 Å². The molecule has 0 amide bonds. The predicted molar refractivity (Wildman–Crippen MR) is 105 cm³/mol. The molecular weight excluding hydrogens is 354 g/mol. The van der Waals surface area contributed by atoms with Gasteiger partial charge in [-0.25, -0.2) is 9.97 Å². The van der Waals surface area contributed by atoms with Crippen molar-refractivity contribution in [3.8, 4) is 22.8 Å². The highest BCUT2D eigenvalue weighted by Gasteiger charge is 2.16. The number of carboxylic acid groups (broad SMARTS) is 1. The van der Waals surface area contributed by atoms with Crippen molar-refractivity contribution in [1.29, 1.82) is 0 Å². The summed E-state index contributed by atoms with van der Waals surface area (Å²) in [6.45, 7) is 0. The van der Waals surface area contributed by atoms with E-state index in [0.29, 0.717) is 33.8 Å². The van der Waals surface area contributed by atoms with Gasteiger partial charge in [-0.2, -0.15) is 0 Å². The lowest BCUT2D eigenvalue weighted by Gasteiger charge is -2.11. The van der Waals surface area contributed by atoms with Crippen molar-refractivity contribution < 1.29 is 9.90 Å². The summed E-state index contributed by atoms with van der Waals surface area (Å²) >= 11 is 0. The summed E-state index contributed by atoms with van der Waals surface area (Å²) in [5.74, 6) is -1.04. The van der Waals surface area contributed by atoms with E-state index in [1.54, 1.807) is 12.4 Å². The Hall–Kier alpha value is -3.71. The number of nitrogens with two attached hydrogens (primary N) is 1. The molecule has 1 aromatic carbocycles. The zero-order valence-electron chi connectivity index (χ0n) is 14.9. The Balaban J connectivity index is 1.88. The second-order valence-electron chi connectivity index (χ2n) is 6.32. The third kappa shape index (κ3) is 3.56. The minimum absolute atomic E-state index is 0.216. The Bertz CT molecular complexity index is 1130. The molecule has 7 heteroatoms. The van der Waals surface area contributed by atoms with Crippen LogP contribution in [0.4, 0.5) is 0 Å². The molecule has 0 saturated heterocycles. The maximum absolute atomic E-state index is 11.0. The van der Waals surface area contributed by atoms with Crippen LogP contribution in [-0.4, -0.2) is 37.1 Å². The summed E-state index contributed by atoms with van der Waals surface area (Å²) in [4.78, 5) is 29.4. The monoisotopic (exact) mass is 371 g/mol. The van der Waals surface area contributed by atoms with Crippen molar-refractivity contribution in [2.24, 2.45) is 5.73 Å². The number of fused-ring (bicyclic) bond motifs is 1. The first-order chi connectivity index (χ1) is 13.6. The summed E-state index contributed by atoms with van der Waals surface area (Å²) in [6.07, 6.45) is 3.62. The van der Waals surface area contributed by atoms with E-state index in [-0.39, 0.29) is 6.42 Å². The molecule has 138 valence electrons. The average molecular weight is 371 g/mol. The summed E-state index contributed by atoms with van der Waals surface area (Å²) in [5.41, 5.74) is 10.4. The van der Waals surface area contributed by atoms with Crippen LogP contribution in [0.15, 0.2) is 67.0 Å². The number of aromatic nitrogens is 4. The summed E-state index contributed by atoms with van der Waals surface area (Å²) < 4.78 is 0. The molecule has 28 heavy (non-hydrogen) atoms. The van der Waals surface area contributed by atoms with Gasteiger partial charge in [-0.3, -0.25) is 14.8 Å². The molecule has 3 aromatic heterocycles. The van der Waals surface area contributed by atoms with Crippen LogP contribution in [0, 0.1) is 0 Å². The van der Waals surface area contributed by atoms with E-state index in [4.69, 9.17) is 20.8 Å². The largest absolute Gasteiger partial charge is 0.480 e. The van der Waals surface area contributed by atoms with Crippen molar-refractivity contribution in [2.45, 2.75) is 12.5 Å². The third-order valence-corrected chi connectivity index (χ3v) is 4.32. The lowest BCUT2D eigenvalue weighted by molar-refractivity contribution is -0.138. The van der Waals surface area contributed by atoms with Crippen LogP contribution >= 0.6 is 0 Å². The van der Waals surface area contributed by atoms with E-state index in [0.717, 1.165) is 5.56 Å². The molecule has 3 heterocycles. The fourth-order valence-corrected chi connectivity index (χ4v) is 2.93. The van der Waals surface area contributed by atoms with Crippen molar-refractivity contribution in [3.63, 3.8) is 0 Å². The highest BCUT2D eigenvalue weighted by molar-refractivity contribution is 5.85. The molecule has 4 rings (SSSR count). The van der Waals surface area contributed by atoms with Crippen molar-refractivity contribution in [3.05, 3.63) is 72.6 Å². The second-order valence-corrected chi connectivity index (χ2v) is 6.32. The van der Waals surface area contributed by atoms with E-state index >= 15 is 0 Å². The second kappa shape index (κ2) is 7.50. The van der Waals surface area contributed by atoms with Crippen LogP contribution < -0.4 is 5.73 Å². The third-order valence-electron chi connectivity index (χ3n) is 4.32. The van der Waals surface area contributed by atoms with Gasteiger partial charge in [-0.05, 0) is 48.4 Å². The lowest BCUT2D eigenvalue weighted by Crippen LogP contribution is -2.32. The number of pyridine rings is 2. The predicted octanol–water partition coefficient (Wildman–Crippen LogP) is 2.71. The molecule has 4 aromatic rings. The van der Waals surface area contributed by atoms with Gasteiger partial charge in [-0.1, -0.05) is 18.2 Å². The van der Waals surface area contributed by atoms with Gasteiger partial charge in [0.1, 0.15) is 17.4 Å². The smallest absolute Gasteiger partial charge is 0.320 e. The topological polar surface area (TPSA) is 115 Å². The van der Waals surface area contributed by atoms with Gasteiger partial charge in [0.2, 0.25) is 0 Å². The molecule has 0 aliphatic carbocycles. The number of hydrogen-bond acceptors (Lipinski definition) is 6. The molecule has 7 nitrogen and oxygen atoms in total. The molecule has 1 atom stereocenters. The quantitative estimate of drug-likeness (QED) is 0.554. The maximum Gasteiger partial charge on any atom is 0.320 e. The first kappa shape index (κ1) is 17.7. The van der Waals surface area contributed by atoms with Gasteiger partial charge in [0, 0.05) is 12.4 Å². The van der Waals surface area contributed by atoms with Crippen molar-refractivity contribution in [1.82, 2.24) is 19.9 Å². The minimum Gasteiger partial charge on any atom is -0.480 e. The zero-order chi connectivity index (χ0) is 19.5.